The van der Waals surface area contributed by atoms with Gasteiger partial charge < -0.3 is 13.9 Å². The first-order valence-electron chi connectivity index (χ1n) is 9.54. The monoisotopic (exact) mass is 404 g/mol. The third-order valence-electron chi connectivity index (χ3n) is 4.86. The van der Waals surface area contributed by atoms with Crippen LogP contribution in [0.3, 0.4) is 0 Å². The van der Waals surface area contributed by atoms with E-state index in [9.17, 15) is 9.18 Å². The average Bonchev–Trinajstić information content (AvgIpc) is 3.43. The van der Waals surface area contributed by atoms with Gasteiger partial charge in [0, 0.05) is 35.9 Å². The van der Waals surface area contributed by atoms with Crippen LogP contribution in [-0.2, 0) is 0 Å². The molecule has 4 aromatic rings. The predicted molar refractivity (Wildman–Crippen MR) is 112 cm³/mol. The molecule has 30 heavy (non-hydrogen) atoms. The second-order valence-corrected chi connectivity index (χ2v) is 7.14. The third-order valence-corrected chi connectivity index (χ3v) is 4.86. The van der Waals surface area contributed by atoms with Crippen LogP contribution in [0, 0.1) is 5.82 Å². The Morgan fingerprint density at radius 1 is 1.13 bits per heavy atom. The zero-order chi connectivity index (χ0) is 21.3. The molecule has 0 fully saturated rings. The second-order valence-electron chi connectivity index (χ2n) is 7.14. The van der Waals surface area contributed by atoms with Crippen molar-refractivity contribution in [2.45, 2.75) is 19.9 Å². The Balaban J connectivity index is 1.68. The molecule has 0 spiro atoms. The number of ketones is 1. The Morgan fingerprint density at radius 3 is 2.73 bits per heavy atom. The van der Waals surface area contributed by atoms with E-state index in [1.54, 1.807) is 42.7 Å². The van der Waals surface area contributed by atoms with E-state index in [0.29, 0.717) is 22.8 Å². The quantitative estimate of drug-likeness (QED) is 0.437. The SMILES string of the molecule is COc1ccc(F)cc1-c1cccc(-n2cnc(C(=O)c3nccn3C(C)C)c2)c1. The number of methoxy groups -OCH3 is 1. The fourth-order valence-corrected chi connectivity index (χ4v) is 3.34. The van der Waals surface area contributed by atoms with Crippen molar-refractivity contribution in [3.63, 3.8) is 0 Å². The first-order valence-corrected chi connectivity index (χ1v) is 9.54. The highest BCUT2D eigenvalue weighted by atomic mass is 19.1. The van der Waals surface area contributed by atoms with E-state index in [1.165, 1.54) is 12.1 Å². The van der Waals surface area contributed by atoms with Crippen LogP contribution in [-0.4, -0.2) is 32.0 Å². The topological polar surface area (TPSA) is 61.9 Å². The Labute approximate surface area is 173 Å². The van der Waals surface area contributed by atoms with E-state index in [2.05, 4.69) is 9.97 Å². The Morgan fingerprint density at radius 2 is 1.97 bits per heavy atom. The van der Waals surface area contributed by atoms with Crippen molar-refractivity contribution in [3.8, 4) is 22.6 Å². The molecule has 0 aliphatic heterocycles. The largest absolute Gasteiger partial charge is 0.496 e. The minimum absolute atomic E-state index is 0.117. The maximum Gasteiger partial charge on any atom is 0.248 e. The van der Waals surface area contributed by atoms with Crippen molar-refractivity contribution in [2.24, 2.45) is 0 Å². The number of halogens is 1. The van der Waals surface area contributed by atoms with E-state index >= 15 is 0 Å². The number of ether oxygens (including phenoxy) is 1. The predicted octanol–water partition coefficient (Wildman–Crippen LogP) is 4.70. The second kappa shape index (κ2) is 7.94. The van der Waals surface area contributed by atoms with E-state index in [1.807, 2.05) is 42.7 Å². The first kappa shape index (κ1) is 19.6. The molecule has 0 saturated heterocycles. The number of hydrogen-bond acceptors (Lipinski definition) is 4. The van der Waals surface area contributed by atoms with Gasteiger partial charge in [-0.15, -0.1) is 0 Å². The van der Waals surface area contributed by atoms with Crippen LogP contribution in [0.4, 0.5) is 4.39 Å². The number of rotatable bonds is 6. The summed E-state index contributed by atoms with van der Waals surface area (Å²) in [6.45, 7) is 3.98. The van der Waals surface area contributed by atoms with Gasteiger partial charge in [0.05, 0.1) is 7.11 Å². The summed E-state index contributed by atoms with van der Waals surface area (Å²) in [6, 6.07) is 12.0. The standard InChI is InChI=1S/C23H21FN4O2/c1-15(2)28-10-9-25-23(28)22(29)20-13-27(14-26-20)18-6-4-5-16(11-18)19-12-17(24)7-8-21(19)30-3/h4-15H,1-3H3. The highest BCUT2D eigenvalue weighted by Crippen LogP contribution is 2.31. The molecule has 0 bridgehead atoms. The van der Waals surface area contributed by atoms with Gasteiger partial charge in [-0.3, -0.25) is 4.79 Å². The molecule has 0 aliphatic carbocycles. The van der Waals surface area contributed by atoms with Gasteiger partial charge in [0.15, 0.2) is 5.82 Å². The van der Waals surface area contributed by atoms with Crippen LogP contribution < -0.4 is 4.74 Å². The lowest BCUT2D eigenvalue weighted by molar-refractivity contribution is 0.102. The van der Waals surface area contributed by atoms with Gasteiger partial charge in [0.1, 0.15) is 23.6 Å². The molecule has 0 saturated carbocycles. The normalized spacial score (nSPS) is 11.1. The van der Waals surface area contributed by atoms with Gasteiger partial charge in [0.2, 0.25) is 5.78 Å². The highest BCUT2D eigenvalue weighted by molar-refractivity contribution is 6.05. The van der Waals surface area contributed by atoms with Crippen LogP contribution >= 0.6 is 0 Å². The summed E-state index contributed by atoms with van der Waals surface area (Å²) in [5, 5.41) is 0. The number of nitrogens with zero attached hydrogens (tertiary/aromatic N) is 4. The van der Waals surface area contributed by atoms with Crippen LogP contribution in [0.1, 0.15) is 36.2 Å². The lowest BCUT2D eigenvalue weighted by Crippen LogP contribution is -2.13. The minimum Gasteiger partial charge on any atom is -0.496 e. The minimum atomic E-state index is -0.340. The van der Waals surface area contributed by atoms with E-state index in [0.717, 1.165) is 11.3 Å². The van der Waals surface area contributed by atoms with Gasteiger partial charge in [-0.25, -0.2) is 14.4 Å². The summed E-state index contributed by atoms with van der Waals surface area (Å²) < 4.78 is 22.7. The summed E-state index contributed by atoms with van der Waals surface area (Å²) in [6.07, 6.45) is 6.65. The van der Waals surface area contributed by atoms with Crippen molar-refractivity contribution in [3.05, 3.63) is 84.7 Å². The Kier molecular flexibility index (Phi) is 5.18. The molecule has 2 heterocycles. The number of hydrogen-bond donors (Lipinski definition) is 0. The number of carbonyl (C=O) groups is 1. The maximum atomic E-state index is 13.8. The average molecular weight is 404 g/mol. The van der Waals surface area contributed by atoms with Crippen LogP contribution in [0.15, 0.2) is 67.4 Å². The smallest absolute Gasteiger partial charge is 0.248 e. The molecule has 2 aromatic carbocycles. The fourth-order valence-electron chi connectivity index (χ4n) is 3.34. The Hall–Kier alpha value is -3.74. The summed E-state index contributed by atoms with van der Waals surface area (Å²) in [5.74, 6) is 0.354. The summed E-state index contributed by atoms with van der Waals surface area (Å²) in [5.41, 5.74) is 2.53. The highest BCUT2D eigenvalue weighted by Gasteiger charge is 2.19. The lowest BCUT2D eigenvalue weighted by atomic mass is 10.0. The molecule has 6 nitrogen and oxygen atoms in total. The van der Waals surface area contributed by atoms with E-state index in [-0.39, 0.29) is 17.6 Å². The van der Waals surface area contributed by atoms with Crippen molar-refractivity contribution in [1.82, 2.24) is 19.1 Å². The molecule has 152 valence electrons. The summed E-state index contributed by atoms with van der Waals surface area (Å²) in [4.78, 5) is 21.3. The number of imidazole rings is 2. The van der Waals surface area contributed by atoms with Gasteiger partial charge in [-0.1, -0.05) is 12.1 Å². The molecular weight excluding hydrogens is 383 g/mol. The molecule has 7 heteroatoms. The van der Waals surface area contributed by atoms with Gasteiger partial charge in [0.25, 0.3) is 0 Å². The molecule has 0 amide bonds. The summed E-state index contributed by atoms with van der Waals surface area (Å²) >= 11 is 0. The molecule has 2 aromatic heterocycles. The molecule has 4 rings (SSSR count). The Bertz CT molecular complexity index is 1210. The van der Waals surface area contributed by atoms with Crippen molar-refractivity contribution in [2.75, 3.05) is 7.11 Å². The van der Waals surface area contributed by atoms with E-state index < -0.39 is 0 Å². The molecule has 0 N–H and O–H groups in total. The van der Waals surface area contributed by atoms with Crippen LogP contribution in [0.25, 0.3) is 16.8 Å². The summed E-state index contributed by atoms with van der Waals surface area (Å²) in [7, 11) is 1.55. The zero-order valence-electron chi connectivity index (χ0n) is 16.9. The van der Waals surface area contributed by atoms with Gasteiger partial charge in [-0.05, 0) is 49.7 Å². The van der Waals surface area contributed by atoms with Crippen LogP contribution in [0.5, 0.6) is 5.75 Å². The van der Waals surface area contributed by atoms with Crippen molar-refractivity contribution in [1.29, 1.82) is 0 Å². The number of aromatic nitrogens is 4. The fraction of sp³-hybridized carbons (Fsp3) is 0.174. The van der Waals surface area contributed by atoms with Crippen molar-refractivity contribution >= 4 is 5.78 Å². The van der Waals surface area contributed by atoms with Gasteiger partial charge in [-0.2, -0.15) is 0 Å². The molecule has 0 aliphatic rings. The molecule has 0 atom stereocenters. The van der Waals surface area contributed by atoms with Gasteiger partial charge >= 0.3 is 0 Å². The first-order chi connectivity index (χ1) is 14.5. The molecule has 0 unspecified atom stereocenters. The zero-order valence-corrected chi connectivity index (χ0v) is 16.9. The number of carbonyl (C=O) groups excluding carboxylic acids is 1. The third kappa shape index (κ3) is 3.61. The lowest BCUT2D eigenvalue weighted by Gasteiger charge is -2.11. The van der Waals surface area contributed by atoms with Crippen LogP contribution in [0.2, 0.25) is 0 Å². The molecular formula is C23H21FN4O2. The maximum absolute atomic E-state index is 13.8. The van der Waals surface area contributed by atoms with E-state index in [4.69, 9.17) is 4.74 Å². The molecule has 0 radical (unpaired) electrons. The number of benzene rings is 2. The van der Waals surface area contributed by atoms with Crippen molar-refractivity contribution < 1.29 is 13.9 Å².